The van der Waals surface area contributed by atoms with Crippen LogP contribution in [-0.4, -0.2) is 15.0 Å². The zero-order valence-electron chi connectivity index (χ0n) is 17.1. The molecule has 7 aromatic rings. The maximum Gasteiger partial charge on any atom is 0.200 e. The Morgan fingerprint density at radius 2 is 0.939 bits per heavy atom. The number of hydrogen-bond donors (Lipinski definition) is 0. The van der Waals surface area contributed by atoms with E-state index in [0.29, 0.717) is 16.4 Å². The molecule has 0 spiro atoms. The van der Waals surface area contributed by atoms with Crippen LogP contribution in [-0.2, 0) is 0 Å². The molecule has 0 aliphatic rings. The van der Waals surface area contributed by atoms with Gasteiger partial charge in [-0.3, -0.25) is 0 Å². The van der Waals surface area contributed by atoms with E-state index in [9.17, 15) is 0 Å². The lowest BCUT2D eigenvalue weighted by Crippen LogP contribution is -1.97. The minimum absolute atomic E-state index is 0.469. The Labute approximate surface area is 195 Å². The van der Waals surface area contributed by atoms with Crippen LogP contribution in [0.25, 0.3) is 66.7 Å². The third-order valence-corrected chi connectivity index (χ3v) is 6.24. The van der Waals surface area contributed by atoms with E-state index in [1.807, 2.05) is 72.8 Å². The van der Waals surface area contributed by atoms with Gasteiger partial charge in [-0.2, -0.15) is 0 Å². The molecule has 0 N–H and O–H groups in total. The van der Waals surface area contributed by atoms with Gasteiger partial charge in [0.15, 0.2) is 11.6 Å². The van der Waals surface area contributed by atoms with E-state index in [2.05, 4.69) is 38.0 Å². The number of rotatable bonds is 2. The Bertz CT molecular complexity index is 1720. The molecule has 6 heteroatoms. The van der Waals surface area contributed by atoms with Gasteiger partial charge in [0.25, 0.3) is 0 Å². The Morgan fingerprint density at radius 1 is 0.485 bits per heavy atom. The molecular weight excluding hydrogens is 478 g/mol. The third-order valence-electron chi connectivity index (χ3n) is 5.88. The summed E-state index contributed by atoms with van der Waals surface area (Å²) in [6.07, 6.45) is 0. The second kappa shape index (κ2) is 6.98. The van der Waals surface area contributed by atoms with E-state index in [1.165, 1.54) is 0 Å². The molecule has 0 atom stereocenters. The third kappa shape index (κ3) is 2.95. The molecular formula is C27H14BrN3O2. The highest BCUT2D eigenvalue weighted by atomic mass is 79.9. The van der Waals surface area contributed by atoms with E-state index in [-0.39, 0.29) is 0 Å². The molecule has 33 heavy (non-hydrogen) atoms. The minimum Gasteiger partial charge on any atom is -0.456 e. The number of fused-ring (bicyclic) bond motifs is 6. The topological polar surface area (TPSA) is 65.0 Å². The predicted molar refractivity (Wildman–Crippen MR) is 133 cm³/mol. The lowest BCUT2D eigenvalue weighted by molar-refractivity contribution is 0.668. The number of halogens is 1. The van der Waals surface area contributed by atoms with Crippen molar-refractivity contribution in [1.82, 2.24) is 15.0 Å². The van der Waals surface area contributed by atoms with Crippen LogP contribution in [0.4, 0.5) is 0 Å². The normalized spacial score (nSPS) is 11.8. The summed E-state index contributed by atoms with van der Waals surface area (Å²) in [5, 5.41) is 4.32. The number of hydrogen-bond acceptors (Lipinski definition) is 5. The fraction of sp³-hybridized carbons (Fsp3) is 0. The zero-order chi connectivity index (χ0) is 21.9. The number of benzene rings is 4. The summed E-state index contributed by atoms with van der Waals surface area (Å²) in [4.78, 5) is 13.8. The summed E-state index contributed by atoms with van der Waals surface area (Å²) in [6.45, 7) is 0. The Morgan fingerprint density at radius 3 is 1.45 bits per heavy atom. The van der Waals surface area contributed by atoms with Crippen molar-refractivity contribution in [2.24, 2.45) is 0 Å². The Kier molecular flexibility index (Phi) is 3.92. The van der Waals surface area contributed by atoms with Crippen molar-refractivity contribution in [3.8, 4) is 22.8 Å². The molecule has 0 saturated heterocycles. The average Bonchev–Trinajstić information content (AvgIpc) is 3.40. The van der Waals surface area contributed by atoms with Gasteiger partial charge in [0.1, 0.15) is 22.3 Å². The van der Waals surface area contributed by atoms with Crippen molar-refractivity contribution in [2.75, 3.05) is 0 Å². The highest BCUT2D eigenvalue weighted by Gasteiger charge is 2.14. The smallest absolute Gasteiger partial charge is 0.200 e. The van der Waals surface area contributed by atoms with Gasteiger partial charge in [0, 0.05) is 32.7 Å². The standard InChI is InChI=1S/C27H14BrN3O2/c28-27-30-25(15-9-11-19-17-5-1-3-7-21(17)32-23(19)13-15)29-26(31-27)16-10-12-20-18-6-2-4-8-22(18)33-24(20)14-16/h1-14H. The van der Waals surface area contributed by atoms with Crippen LogP contribution in [0.5, 0.6) is 0 Å². The van der Waals surface area contributed by atoms with Crippen molar-refractivity contribution in [1.29, 1.82) is 0 Å². The molecule has 0 aliphatic carbocycles. The zero-order valence-corrected chi connectivity index (χ0v) is 18.7. The van der Waals surface area contributed by atoms with Gasteiger partial charge >= 0.3 is 0 Å². The monoisotopic (exact) mass is 491 g/mol. The molecule has 0 radical (unpaired) electrons. The van der Waals surface area contributed by atoms with Crippen LogP contribution in [0, 0.1) is 0 Å². The maximum absolute atomic E-state index is 6.04. The Hall–Kier alpha value is -4.03. The molecule has 5 nitrogen and oxygen atoms in total. The van der Waals surface area contributed by atoms with E-state index < -0.39 is 0 Å². The summed E-state index contributed by atoms with van der Waals surface area (Å²) >= 11 is 3.45. The minimum atomic E-state index is 0.469. The largest absolute Gasteiger partial charge is 0.456 e. The summed E-state index contributed by atoms with van der Waals surface area (Å²) in [5.41, 5.74) is 5.04. The van der Waals surface area contributed by atoms with Crippen LogP contribution >= 0.6 is 15.9 Å². The van der Waals surface area contributed by atoms with Crippen molar-refractivity contribution >= 4 is 59.8 Å². The molecule has 0 amide bonds. The molecule has 7 rings (SSSR count). The van der Waals surface area contributed by atoms with Crippen LogP contribution in [0.1, 0.15) is 0 Å². The van der Waals surface area contributed by atoms with Crippen molar-refractivity contribution < 1.29 is 8.83 Å². The number of nitrogens with zero attached hydrogens (tertiary/aromatic N) is 3. The summed E-state index contributed by atoms with van der Waals surface area (Å²) in [7, 11) is 0. The quantitative estimate of drug-likeness (QED) is 0.247. The molecule has 0 aliphatic heterocycles. The summed E-state index contributed by atoms with van der Waals surface area (Å²) < 4.78 is 12.6. The molecule has 0 bridgehead atoms. The Balaban J connectivity index is 1.36. The summed E-state index contributed by atoms with van der Waals surface area (Å²) in [6, 6.07) is 28.1. The lowest BCUT2D eigenvalue weighted by Gasteiger charge is -2.05. The maximum atomic E-state index is 6.04. The van der Waals surface area contributed by atoms with E-state index in [4.69, 9.17) is 13.8 Å². The van der Waals surface area contributed by atoms with E-state index >= 15 is 0 Å². The number of furan rings is 2. The van der Waals surface area contributed by atoms with Gasteiger partial charge < -0.3 is 8.83 Å². The molecule has 156 valence electrons. The van der Waals surface area contributed by atoms with Crippen LogP contribution in [0.2, 0.25) is 0 Å². The van der Waals surface area contributed by atoms with Crippen LogP contribution in [0.15, 0.2) is 98.5 Å². The van der Waals surface area contributed by atoms with Gasteiger partial charge in [0.2, 0.25) is 4.73 Å². The SMILES string of the molecule is Brc1nc(-c2ccc3c(c2)oc2ccccc23)nc(-c2ccc3c(c2)oc2ccccc23)n1. The average molecular weight is 492 g/mol. The number of aromatic nitrogens is 3. The van der Waals surface area contributed by atoms with Crippen molar-refractivity contribution in [3.05, 3.63) is 89.7 Å². The first-order valence-electron chi connectivity index (χ1n) is 10.5. The van der Waals surface area contributed by atoms with Crippen molar-refractivity contribution in [3.63, 3.8) is 0 Å². The van der Waals surface area contributed by atoms with E-state index in [0.717, 1.165) is 55.0 Å². The van der Waals surface area contributed by atoms with Gasteiger partial charge in [-0.05, 0) is 52.3 Å². The molecule has 3 heterocycles. The highest BCUT2D eigenvalue weighted by Crippen LogP contribution is 2.33. The summed E-state index contributed by atoms with van der Waals surface area (Å²) in [5.74, 6) is 1.14. The first kappa shape index (κ1) is 18.5. The first-order chi connectivity index (χ1) is 16.2. The molecule has 0 saturated carbocycles. The van der Waals surface area contributed by atoms with E-state index in [1.54, 1.807) is 0 Å². The predicted octanol–water partition coefficient (Wildman–Crippen LogP) is 7.77. The second-order valence-corrected chi connectivity index (χ2v) is 8.58. The first-order valence-corrected chi connectivity index (χ1v) is 11.3. The van der Waals surface area contributed by atoms with Gasteiger partial charge in [-0.25, -0.2) is 15.0 Å². The van der Waals surface area contributed by atoms with Gasteiger partial charge in [0.05, 0.1) is 0 Å². The van der Waals surface area contributed by atoms with Crippen LogP contribution in [0.3, 0.4) is 0 Å². The van der Waals surface area contributed by atoms with Crippen LogP contribution < -0.4 is 0 Å². The second-order valence-electron chi connectivity index (χ2n) is 7.87. The van der Waals surface area contributed by atoms with Gasteiger partial charge in [-0.1, -0.05) is 48.5 Å². The fourth-order valence-corrected chi connectivity index (χ4v) is 4.67. The van der Waals surface area contributed by atoms with Gasteiger partial charge in [-0.15, -0.1) is 0 Å². The molecule has 0 fully saturated rings. The van der Waals surface area contributed by atoms with Crippen molar-refractivity contribution in [2.45, 2.75) is 0 Å². The lowest BCUT2D eigenvalue weighted by atomic mass is 10.1. The molecule has 4 aromatic carbocycles. The highest BCUT2D eigenvalue weighted by molar-refractivity contribution is 9.10. The number of para-hydroxylation sites is 2. The molecule has 0 unspecified atom stereocenters. The fourth-order valence-electron chi connectivity index (χ4n) is 4.34. The molecule has 3 aromatic heterocycles.